The van der Waals surface area contributed by atoms with Gasteiger partial charge in [0, 0.05) is 18.8 Å². The standard InChI is InChI=1S/C20H26N2O4/c23-17(12-26-19(25)11-22-4-2-1-3-18(22)24)21-13-20-8-14-5-15(9-20)7-16(6-14)10-20/h1-4,14-16H,5-13H2,(H,21,23). The molecule has 0 unspecified atom stereocenters. The molecule has 1 aromatic heterocycles. The van der Waals surface area contributed by atoms with Gasteiger partial charge < -0.3 is 14.6 Å². The van der Waals surface area contributed by atoms with Crippen molar-refractivity contribution in [3.8, 4) is 0 Å². The third kappa shape index (κ3) is 3.69. The molecule has 0 spiro atoms. The lowest BCUT2D eigenvalue weighted by atomic mass is 9.49. The normalized spacial score (nSPS) is 31.6. The zero-order chi connectivity index (χ0) is 18.1. The van der Waals surface area contributed by atoms with E-state index in [1.165, 1.54) is 55.4 Å². The Morgan fingerprint density at radius 2 is 1.77 bits per heavy atom. The average Bonchev–Trinajstić information content (AvgIpc) is 2.59. The molecule has 0 radical (unpaired) electrons. The fraction of sp³-hybridized carbons (Fsp3) is 0.650. The van der Waals surface area contributed by atoms with Crippen molar-refractivity contribution in [3.63, 3.8) is 0 Å². The maximum absolute atomic E-state index is 12.1. The van der Waals surface area contributed by atoms with Crippen molar-refractivity contribution in [1.29, 1.82) is 0 Å². The molecule has 4 aliphatic carbocycles. The molecule has 0 saturated heterocycles. The minimum atomic E-state index is -0.580. The largest absolute Gasteiger partial charge is 0.454 e. The number of hydrogen-bond acceptors (Lipinski definition) is 4. The Labute approximate surface area is 152 Å². The molecule has 1 aromatic rings. The first-order chi connectivity index (χ1) is 12.5. The topological polar surface area (TPSA) is 77.4 Å². The van der Waals surface area contributed by atoms with Crippen LogP contribution in [-0.4, -0.2) is 29.6 Å². The van der Waals surface area contributed by atoms with Crippen LogP contribution in [0.1, 0.15) is 38.5 Å². The Hall–Kier alpha value is -2.11. The van der Waals surface area contributed by atoms with Gasteiger partial charge >= 0.3 is 5.97 Å². The number of nitrogens with one attached hydrogen (secondary N) is 1. The minimum absolute atomic E-state index is 0.179. The SMILES string of the molecule is O=C(COC(=O)Cn1ccccc1=O)NCC12CC3CC(CC(C3)C1)C2. The third-order valence-electron chi connectivity index (χ3n) is 6.39. The van der Waals surface area contributed by atoms with Gasteiger partial charge in [0.2, 0.25) is 0 Å². The second kappa shape index (κ2) is 6.89. The molecule has 1 N–H and O–H groups in total. The summed E-state index contributed by atoms with van der Waals surface area (Å²) in [4.78, 5) is 35.5. The fourth-order valence-corrected chi connectivity index (χ4v) is 5.77. The molecule has 4 saturated carbocycles. The van der Waals surface area contributed by atoms with Crippen molar-refractivity contribution >= 4 is 11.9 Å². The lowest BCUT2D eigenvalue weighted by Crippen LogP contribution is -2.51. The summed E-state index contributed by atoms with van der Waals surface area (Å²) in [6.07, 6.45) is 9.36. The van der Waals surface area contributed by atoms with E-state index in [-0.39, 0.29) is 30.0 Å². The van der Waals surface area contributed by atoms with Gasteiger partial charge in [-0.15, -0.1) is 0 Å². The predicted octanol–water partition coefficient (Wildman–Crippen LogP) is 1.72. The molecule has 5 rings (SSSR count). The third-order valence-corrected chi connectivity index (χ3v) is 6.39. The van der Waals surface area contributed by atoms with Crippen LogP contribution in [-0.2, 0) is 20.9 Å². The van der Waals surface area contributed by atoms with Gasteiger partial charge in [0.05, 0.1) is 0 Å². The van der Waals surface area contributed by atoms with Gasteiger partial charge in [0.1, 0.15) is 6.54 Å². The highest BCUT2D eigenvalue weighted by Gasteiger charge is 2.50. The van der Waals surface area contributed by atoms with E-state index in [0.29, 0.717) is 6.54 Å². The zero-order valence-electron chi connectivity index (χ0n) is 15.0. The Bertz CT molecular complexity index is 719. The van der Waals surface area contributed by atoms with E-state index in [2.05, 4.69) is 5.32 Å². The molecule has 140 valence electrons. The summed E-state index contributed by atoms with van der Waals surface area (Å²) in [6, 6.07) is 4.67. The van der Waals surface area contributed by atoms with Crippen LogP contribution in [0.4, 0.5) is 0 Å². The lowest BCUT2D eigenvalue weighted by molar-refractivity contribution is -0.149. The van der Waals surface area contributed by atoms with Gasteiger partial charge in [-0.05, 0) is 67.8 Å². The monoisotopic (exact) mass is 358 g/mol. The second-order valence-electron chi connectivity index (χ2n) is 8.52. The van der Waals surface area contributed by atoms with Gasteiger partial charge in [-0.25, -0.2) is 0 Å². The van der Waals surface area contributed by atoms with Crippen molar-refractivity contribution in [3.05, 3.63) is 34.7 Å². The number of amides is 1. The quantitative estimate of drug-likeness (QED) is 0.786. The first-order valence-corrected chi connectivity index (χ1v) is 9.59. The van der Waals surface area contributed by atoms with Crippen LogP contribution in [0.25, 0.3) is 0 Å². The van der Waals surface area contributed by atoms with Gasteiger partial charge in [-0.3, -0.25) is 14.4 Å². The van der Waals surface area contributed by atoms with E-state index in [9.17, 15) is 14.4 Å². The number of rotatable bonds is 6. The van der Waals surface area contributed by atoms with E-state index in [0.717, 1.165) is 17.8 Å². The van der Waals surface area contributed by atoms with Gasteiger partial charge in [-0.1, -0.05) is 6.07 Å². The van der Waals surface area contributed by atoms with E-state index in [1.54, 1.807) is 12.1 Å². The van der Waals surface area contributed by atoms with E-state index >= 15 is 0 Å². The summed E-state index contributed by atoms with van der Waals surface area (Å²) >= 11 is 0. The molecule has 4 aliphatic rings. The number of ether oxygens (including phenoxy) is 1. The van der Waals surface area contributed by atoms with Crippen LogP contribution in [0.2, 0.25) is 0 Å². The smallest absolute Gasteiger partial charge is 0.326 e. The average molecular weight is 358 g/mol. The molecule has 4 fully saturated rings. The van der Waals surface area contributed by atoms with Crippen LogP contribution in [0.15, 0.2) is 29.2 Å². The minimum Gasteiger partial charge on any atom is -0.454 e. The van der Waals surface area contributed by atoms with Crippen molar-refractivity contribution < 1.29 is 14.3 Å². The predicted molar refractivity (Wildman–Crippen MR) is 95.3 cm³/mol. The molecule has 1 amide bonds. The van der Waals surface area contributed by atoms with E-state index in [4.69, 9.17) is 4.74 Å². The summed E-state index contributed by atoms with van der Waals surface area (Å²) in [6.45, 7) is 0.236. The molecule has 4 bridgehead atoms. The summed E-state index contributed by atoms with van der Waals surface area (Å²) < 4.78 is 6.28. The number of hydrogen-bond donors (Lipinski definition) is 1. The van der Waals surface area contributed by atoms with Gasteiger partial charge in [0.15, 0.2) is 6.61 Å². The Morgan fingerprint density at radius 3 is 2.38 bits per heavy atom. The highest BCUT2D eigenvalue weighted by molar-refractivity contribution is 5.80. The number of carbonyl (C=O) groups is 2. The van der Waals surface area contributed by atoms with Crippen molar-refractivity contribution in [2.45, 2.75) is 45.1 Å². The summed E-state index contributed by atoms with van der Waals surface area (Å²) in [7, 11) is 0. The van der Waals surface area contributed by atoms with Crippen LogP contribution < -0.4 is 10.9 Å². The molecule has 0 aromatic carbocycles. The highest BCUT2D eigenvalue weighted by atomic mass is 16.5. The summed E-state index contributed by atoms with van der Waals surface area (Å²) in [5.41, 5.74) is 0.00176. The number of esters is 1. The maximum Gasteiger partial charge on any atom is 0.326 e. The molecular formula is C20H26N2O4. The number of pyridine rings is 1. The molecule has 26 heavy (non-hydrogen) atoms. The van der Waals surface area contributed by atoms with Gasteiger partial charge in [-0.2, -0.15) is 0 Å². The molecule has 6 heteroatoms. The molecule has 6 nitrogen and oxygen atoms in total. The zero-order valence-corrected chi connectivity index (χ0v) is 15.0. The fourth-order valence-electron chi connectivity index (χ4n) is 5.77. The van der Waals surface area contributed by atoms with E-state index in [1.807, 2.05) is 0 Å². The number of nitrogens with zero attached hydrogens (tertiary/aromatic N) is 1. The van der Waals surface area contributed by atoms with Crippen LogP contribution in [0.3, 0.4) is 0 Å². The molecular weight excluding hydrogens is 332 g/mol. The van der Waals surface area contributed by atoms with Gasteiger partial charge in [0.25, 0.3) is 11.5 Å². The Balaban J connectivity index is 1.23. The highest BCUT2D eigenvalue weighted by Crippen LogP contribution is 2.59. The molecule has 1 heterocycles. The van der Waals surface area contributed by atoms with Crippen molar-refractivity contribution in [2.24, 2.45) is 23.2 Å². The first kappa shape index (κ1) is 17.3. The molecule has 0 atom stereocenters. The number of aromatic nitrogens is 1. The maximum atomic E-state index is 12.1. The second-order valence-corrected chi connectivity index (χ2v) is 8.52. The van der Waals surface area contributed by atoms with Crippen LogP contribution in [0.5, 0.6) is 0 Å². The summed E-state index contributed by atoms with van der Waals surface area (Å²) in [5.74, 6) is 1.71. The number of carbonyl (C=O) groups excluding carboxylic acids is 2. The van der Waals surface area contributed by atoms with Crippen molar-refractivity contribution in [1.82, 2.24) is 9.88 Å². The van der Waals surface area contributed by atoms with Crippen LogP contribution in [0, 0.1) is 23.2 Å². The van der Waals surface area contributed by atoms with E-state index < -0.39 is 5.97 Å². The Morgan fingerprint density at radius 1 is 1.12 bits per heavy atom. The van der Waals surface area contributed by atoms with Crippen LogP contribution >= 0.6 is 0 Å². The first-order valence-electron chi connectivity index (χ1n) is 9.59. The van der Waals surface area contributed by atoms with Crippen molar-refractivity contribution in [2.75, 3.05) is 13.2 Å². The lowest BCUT2D eigenvalue weighted by Gasteiger charge is -2.56. The molecule has 0 aliphatic heterocycles. The Kier molecular flexibility index (Phi) is 4.59. The summed E-state index contributed by atoms with van der Waals surface area (Å²) in [5, 5.41) is 2.99.